The molecule has 2 fully saturated rings. The highest BCUT2D eigenvalue weighted by molar-refractivity contribution is 7.89. The van der Waals surface area contributed by atoms with Gasteiger partial charge in [-0.05, 0) is 66.7 Å². The minimum atomic E-state index is -4.91. The second-order valence-corrected chi connectivity index (χ2v) is 14.5. The first-order valence-electron chi connectivity index (χ1n) is 15.2. The minimum Gasteiger partial charge on any atom is -0.406 e. The molecule has 0 bridgehead atoms. The van der Waals surface area contributed by atoms with E-state index in [0.717, 1.165) is 71.3 Å². The molecular formula is C32H39F3N6O4S. The molecule has 0 saturated carbocycles. The molecule has 1 N–H and O–H groups in total. The summed E-state index contributed by atoms with van der Waals surface area (Å²) in [5.74, 6) is -0.537. The van der Waals surface area contributed by atoms with Crippen LogP contribution in [-0.4, -0.2) is 78.6 Å². The molecule has 0 unspecified atom stereocenters. The van der Waals surface area contributed by atoms with Crippen molar-refractivity contribution >= 4 is 21.7 Å². The Labute approximate surface area is 267 Å². The van der Waals surface area contributed by atoms with Crippen molar-refractivity contribution in [2.24, 2.45) is 0 Å². The molecule has 3 heterocycles. The number of hydrogen-bond donors (Lipinski definition) is 1. The lowest BCUT2D eigenvalue weighted by Crippen LogP contribution is -2.60. The lowest BCUT2D eigenvalue weighted by molar-refractivity contribution is -0.274. The number of sulfonamides is 1. The van der Waals surface area contributed by atoms with Gasteiger partial charge in [-0.3, -0.25) is 14.7 Å². The molecule has 0 spiro atoms. The van der Waals surface area contributed by atoms with Crippen LogP contribution in [0.1, 0.15) is 50.4 Å². The van der Waals surface area contributed by atoms with Gasteiger partial charge in [-0.25, -0.2) is 13.4 Å². The molecule has 2 aromatic carbocycles. The third-order valence-corrected chi connectivity index (χ3v) is 10.1. The van der Waals surface area contributed by atoms with Crippen LogP contribution in [0.2, 0.25) is 0 Å². The van der Waals surface area contributed by atoms with E-state index in [0.29, 0.717) is 12.4 Å². The van der Waals surface area contributed by atoms with E-state index in [9.17, 15) is 26.4 Å². The Morgan fingerprint density at radius 1 is 0.935 bits per heavy atom. The van der Waals surface area contributed by atoms with Crippen molar-refractivity contribution in [1.82, 2.24) is 24.5 Å². The highest BCUT2D eigenvalue weighted by atomic mass is 32.2. The van der Waals surface area contributed by atoms with Gasteiger partial charge in [0.05, 0.1) is 23.0 Å². The summed E-state index contributed by atoms with van der Waals surface area (Å²) in [7, 11) is -4.28. The number of rotatable bonds is 9. The maximum atomic E-state index is 13.8. The number of nitrogens with one attached hydrogen (secondary N) is 1. The molecule has 2 aliphatic heterocycles. The molecule has 1 amide bonds. The summed E-state index contributed by atoms with van der Waals surface area (Å²) in [4.78, 5) is 26.7. The second kappa shape index (κ2) is 13.5. The van der Waals surface area contributed by atoms with Gasteiger partial charge in [0.2, 0.25) is 15.9 Å². The number of alkyl halides is 3. The Hall–Kier alpha value is -3.75. The lowest BCUT2D eigenvalue weighted by atomic mass is 9.87. The van der Waals surface area contributed by atoms with Crippen LogP contribution in [0, 0.1) is 0 Å². The van der Waals surface area contributed by atoms with Gasteiger partial charge in [0.25, 0.3) is 0 Å². The quantitative estimate of drug-likeness (QED) is 0.359. The molecule has 14 heteroatoms. The van der Waals surface area contributed by atoms with E-state index in [4.69, 9.17) is 0 Å². The molecule has 2 aliphatic rings. The van der Waals surface area contributed by atoms with E-state index in [-0.39, 0.29) is 36.5 Å². The van der Waals surface area contributed by atoms with Crippen molar-refractivity contribution in [2.75, 3.05) is 37.6 Å². The SMILES string of the molecule is CC(C)(C)c1ccc(CNC(=O)[C@H]2CN(c3cnc(CN4CCCC4)cn3)CCN2S(=O)(=O)c2ccc(OC(F)(F)F)cc2)cc1. The molecule has 5 rings (SSSR count). The number of hydrogen-bond acceptors (Lipinski definition) is 8. The Morgan fingerprint density at radius 2 is 1.61 bits per heavy atom. The predicted molar refractivity (Wildman–Crippen MR) is 167 cm³/mol. The minimum absolute atomic E-state index is 0.00342. The monoisotopic (exact) mass is 660 g/mol. The Morgan fingerprint density at radius 3 is 2.20 bits per heavy atom. The first kappa shape index (κ1) is 33.6. The number of piperazine rings is 1. The topological polar surface area (TPSA) is 108 Å². The van der Waals surface area contributed by atoms with Crippen LogP contribution < -0.4 is 15.0 Å². The van der Waals surface area contributed by atoms with Gasteiger partial charge in [-0.2, -0.15) is 4.31 Å². The van der Waals surface area contributed by atoms with Gasteiger partial charge in [0.15, 0.2) is 0 Å². The van der Waals surface area contributed by atoms with Crippen molar-refractivity contribution in [3.63, 3.8) is 0 Å². The van der Waals surface area contributed by atoms with E-state index >= 15 is 0 Å². The van der Waals surface area contributed by atoms with Crippen molar-refractivity contribution in [2.45, 2.75) is 69.4 Å². The number of carbonyl (C=O) groups excluding carboxylic acids is 1. The zero-order valence-corrected chi connectivity index (χ0v) is 26.9. The largest absolute Gasteiger partial charge is 0.573 e. The number of amides is 1. The highest BCUT2D eigenvalue weighted by Crippen LogP contribution is 2.28. The van der Waals surface area contributed by atoms with Crippen molar-refractivity contribution in [3.05, 3.63) is 77.7 Å². The normalized spacial score (nSPS) is 18.5. The predicted octanol–water partition coefficient (Wildman–Crippen LogP) is 4.46. The molecule has 1 aromatic heterocycles. The maximum Gasteiger partial charge on any atom is 0.573 e. The summed E-state index contributed by atoms with van der Waals surface area (Å²) in [6.45, 7) is 9.43. The molecular weight excluding hydrogens is 621 g/mol. The van der Waals surface area contributed by atoms with Crippen molar-refractivity contribution in [3.8, 4) is 5.75 Å². The van der Waals surface area contributed by atoms with Crippen molar-refractivity contribution in [1.29, 1.82) is 0 Å². The standard InChI is InChI=1S/C32H39F3N6O4S/c1-31(2,3)24-8-6-23(7-9-24)18-38-30(42)28-22-40(29-20-36-25(19-37-29)21-39-14-4-5-15-39)16-17-41(28)46(43,44)27-12-10-26(11-13-27)45-32(33,34)35/h6-13,19-20,28H,4-5,14-18,21-22H2,1-3H3,(H,38,42)/t28-/m1/s1. The van der Waals surface area contributed by atoms with E-state index in [1.165, 1.54) is 0 Å². The summed E-state index contributed by atoms with van der Waals surface area (Å²) >= 11 is 0. The summed E-state index contributed by atoms with van der Waals surface area (Å²) in [5.41, 5.74) is 2.79. The van der Waals surface area contributed by atoms with Crippen LogP contribution in [-0.2, 0) is 33.3 Å². The van der Waals surface area contributed by atoms with Gasteiger partial charge in [0.1, 0.15) is 17.6 Å². The van der Waals surface area contributed by atoms with E-state index in [2.05, 4.69) is 45.7 Å². The molecule has 0 radical (unpaired) electrons. The summed E-state index contributed by atoms with van der Waals surface area (Å²) < 4.78 is 70.5. The zero-order valence-electron chi connectivity index (χ0n) is 26.1. The fraction of sp³-hybridized carbons (Fsp3) is 0.469. The number of anilines is 1. The first-order chi connectivity index (χ1) is 21.7. The molecule has 2 saturated heterocycles. The number of carbonyl (C=O) groups is 1. The number of aromatic nitrogens is 2. The lowest BCUT2D eigenvalue weighted by Gasteiger charge is -2.40. The molecule has 46 heavy (non-hydrogen) atoms. The van der Waals surface area contributed by atoms with Crippen LogP contribution in [0.15, 0.2) is 65.8 Å². The fourth-order valence-corrected chi connectivity index (χ4v) is 7.19. The molecule has 10 nitrogen and oxygen atoms in total. The molecule has 0 aliphatic carbocycles. The fourth-order valence-electron chi connectivity index (χ4n) is 5.62. The summed E-state index contributed by atoms with van der Waals surface area (Å²) in [5, 5.41) is 2.88. The number of likely N-dealkylation sites (tertiary alicyclic amines) is 1. The highest BCUT2D eigenvalue weighted by Gasteiger charge is 2.41. The van der Waals surface area contributed by atoms with Crippen LogP contribution in [0.4, 0.5) is 19.0 Å². The average Bonchev–Trinajstić information content (AvgIpc) is 3.52. The van der Waals surface area contributed by atoms with E-state index < -0.39 is 34.1 Å². The molecule has 248 valence electrons. The second-order valence-electron chi connectivity index (χ2n) is 12.6. The van der Waals surface area contributed by atoms with E-state index in [1.54, 1.807) is 12.4 Å². The number of nitrogens with zero attached hydrogens (tertiary/aromatic N) is 5. The first-order valence-corrected chi connectivity index (χ1v) is 16.7. The Kier molecular flexibility index (Phi) is 9.89. The number of benzene rings is 2. The van der Waals surface area contributed by atoms with Gasteiger partial charge < -0.3 is 15.0 Å². The van der Waals surface area contributed by atoms with E-state index in [1.807, 2.05) is 29.2 Å². The van der Waals surface area contributed by atoms with Crippen molar-refractivity contribution < 1.29 is 31.1 Å². The third-order valence-electron chi connectivity index (χ3n) is 8.18. The number of ether oxygens (including phenoxy) is 1. The van der Waals surface area contributed by atoms with Crippen LogP contribution in [0.5, 0.6) is 5.75 Å². The van der Waals surface area contributed by atoms with Crippen LogP contribution in [0.3, 0.4) is 0 Å². The van der Waals surface area contributed by atoms with Crippen LogP contribution in [0.25, 0.3) is 0 Å². The van der Waals surface area contributed by atoms with Gasteiger partial charge in [0, 0.05) is 32.7 Å². The maximum absolute atomic E-state index is 13.8. The Bertz CT molecular complexity index is 1590. The van der Waals surface area contributed by atoms with Gasteiger partial charge >= 0.3 is 6.36 Å². The van der Waals surface area contributed by atoms with Gasteiger partial charge in [-0.15, -0.1) is 13.2 Å². The Balaban J connectivity index is 1.35. The van der Waals surface area contributed by atoms with Gasteiger partial charge in [-0.1, -0.05) is 45.0 Å². The summed E-state index contributed by atoms with van der Waals surface area (Å²) in [6.07, 6.45) is 0.756. The number of halogens is 3. The molecule has 1 atom stereocenters. The van der Waals surface area contributed by atoms with Crippen LogP contribution >= 0.6 is 0 Å². The third kappa shape index (κ3) is 8.34. The average molecular weight is 661 g/mol. The summed E-state index contributed by atoms with van der Waals surface area (Å²) in [6, 6.07) is 10.7. The molecule has 3 aromatic rings. The zero-order chi connectivity index (χ0) is 33.1. The smallest absolute Gasteiger partial charge is 0.406 e.